The minimum absolute atomic E-state index is 0.0113. The zero-order valence-electron chi connectivity index (χ0n) is 13.5. The van der Waals surface area contributed by atoms with E-state index in [-0.39, 0.29) is 23.8 Å². The second kappa shape index (κ2) is 7.13. The zero-order valence-corrected chi connectivity index (χ0v) is 13.5. The third-order valence-corrected chi connectivity index (χ3v) is 4.93. The summed E-state index contributed by atoms with van der Waals surface area (Å²) < 4.78 is 0. The van der Waals surface area contributed by atoms with Gasteiger partial charge in [-0.1, -0.05) is 18.9 Å². The first kappa shape index (κ1) is 16.0. The molecule has 0 radical (unpaired) electrons. The fourth-order valence-electron chi connectivity index (χ4n) is 3.61. The number of amides is 2. The van der Waals surface area contributed by atoms with Gasteiger partial charge in [0.1, 0.15) is 0 Å². The SMILES string of the molecule is NC1CCCCC1CC(=O)Nc1cccc(N2CCCC2=O)c1. The molecule has 124 valence electrons. The Labute approximate surface area is 137 Å². The topological polar surface area (TPSA) is 75.4 Å². The van der Waals surface area contributed by atoms with Crippen LogP contribution in [0.2, 0.25) is 0 Å². The van der Waals surface area contributed by atoms with Gasteiger partial charge in [-0.05, 0) is 43.4 Å². The summed E-state index contributed by atoms with van der Waals surface area (Å²) in [7, 11) is 0. The van der Waals surface area contributed by atoms with E-state index in [1.165, 1.54) is 6.42 Å². The molecule has 2 atom stereocenters. The molecule has 5 heteroatoms. The van der Waals surface area contributed by atoms with Crippen LogP contribution in [0.1, 0.15) is 44.9 Å². The predicted octanol–water partition coefficient (Wildman–Crippen LogP) is 2.66. The number of nitrogens with zero attached hydrogens (tertiary/aromatic N) is 1. The first-order valence-electron chi connectivity index (χ1n) is 8.59. The molecule has 1 aliphatic carbocycles. The van der Waals surface area contributed by atoms with E-state index in [1.807, 2.05) is 24.3 Å². The van der Waals surface area contributed by atoms with E-state index in [0.717, 1.165) is 43.6 Å². The van der Waals surface area contributed by atoms with E-state index in [2.05, 4.69) is 5.32 Å². The van der Waals surface area contributed by atoms with Crippen molar-refractivity contribution in [1.29, 1.82) is 0 Å². The lowest BCUT2D eigenvalue weighted by molar-refractivity contribution is -0.118. The average molecular weight is 315 g/mol. The minimum atomic E-state index is 0.0113. The lowest BCUT2D eigenvalue weighted by atomic mass is 9.83. The number of nitrogens with one attached hydrogen (secondary N) is 1. The summed E-state index contributed by atoms with van der Waals surface area (Å²) in [5.74, 6) is 0.450. The van der Waals surface area contributed by atoms with Gasteiger partial charge in [-0.25, -0.2) is 0 Å². The highest BCUT2D eigenvalue weighted by molar-refractivity contribution is 5.97. The molecule has 0 aromatic heterocycles. The van der Waals surface area contributed by atoms with Gasteiger partial charge in [-0.2, -0.15) is 0 Å². The maximum Gasteiger partial charge on any atom is 0.227 e. The van der Waals surface area contributed by atoms with Gasteiger partial charge >= 0.3 is 0 Å². The Kier molecular flexibility index (Phi) is 4.96. The van der Waals surface area contributed by atoms with Crippen LogP contribution in [0, 0.1) is 5.92 Å². The monoisotopic (exact) mass is 315 g/mol. The second-order valence-electron chi connectivity index (χ2n) is 6.66. The van der Waals surface area contributed by atoms with Gasteiger partial charge in [0, 0.05) is 36.8 Å². The predicted molar refractivity (Wildman–Crippen MR) is 91.2 cm³/mol. The molecular formula is C18H25N3O2. The lowest BCUT2D eigenvalue weighted by Gasteiger charge is -2.28. The normalized spacial score (nSPS) is 24.7. The second-order valence-corrected chi connectivity index (χ2v) is 6.66. The largest absolute Gasteiger partial charge is 0.327 e. The third-order valence-electron chi connectivity index (χ3n) is 4.93. The highest BCUT2D eigenvalue weighted by atomic mass is 16.2. The molecular weight excluding hydrogens is 290 g/mol. The first-order chi connectivity index (χ1) is 11.1. The molecule has 5 nitrogen and oxygen atoms in total. The quantitative estimate of drug-likeness (QED) is 0.897. The Balaban J connectivity index is 1.61. The molecule has 1 saturated carbocycles. The molecule has 2 amide bonds. The number of anilines is 2. The number of carbonyl (C=O) groups excluding carboxylic acids is 2. The van der Waals surface area contributed by atoms with E-state index < -0.39 is 0 Å². The van der Waals surface area contributed by atoms with Crippen LogP contribution in [0.5, 0.6) is 0 Å². The summed E-state index contributed by atoms with van der Waals surface area (Å²) in [6, 6.07) is 7.67. The molecule has 1 aromatic carbocycles. The van der Waals surface area contributed by atoms with Crippen molar-refractivity contribution in [2.45, 2.75) is 51.0 Å². The van der Waals surface area contributed by atoms with Crippen molar-refractivity contribution in [3.63, 3.8) is 0 Å². The molecule has 0 spiro atoms. The van der Waals surface area contributed by atoms with Crippen molar-refractivity contribution in [3.8, 4) is 0 Å². The summed E-state index contributed by atoms with van der Waals surface area (Å²) in [4.78, 5) is 25.9. The number of carbonyl (C=O) groups is 2. The number of rotatable bonds is 4. The molecule has 2 aliphatic rings. The average Bonchev–Trinajstić information content (AvgIpc) is 2.96. The van der Waals surface area contributed by atoms with Gasteiger partial charge in [0.05, 0.1) is 0 Å². The maximum absolute atomic E-state index is 12.3. The van der Waals surface area contributed by atoms with Crippen molar-refractivity contribution in [3.05, 3.63) is 24.3 Å². The Morgan fingerprint density at radius 2 is 2.09 bits per heavy atom. The van der Waals surface area contributed by atoms with E-state index in [4.69, 9.17) is 5.73 Å². The van der Waals surface area contributed by atoms with Gasteiger partial charge in [0.2, 0.25) is 11.8 Å². The Hall–Kier alpha value is -1.88. The van der Waals surface area contributed by atoms with Crippen LogP contribution in [-0.2, 0) is 9.59 Å². The van der Waals surface area contributed by atoms with Gasteiger partial charge in [0.15, 0.2) is 0 Å². The molecule has 1 heterocycles. The minimum Gasteiger partial charge on any atom is -0.327 e. The van der Waals surface area contributed by atoms with E-state index in [0.29, 0.717) is 12.8 Å². The standard InChI is InChI=1S/C18H25N3O2/c19-16-8-2-1-5-13(16)11-17(22)20-14-6-3-7-15(12-14)21-10-4-9-18(21)23/h3,6-7,12-13,16H,1-2,4-5,8-11,19H2,(H,20,22). The Morgan fingerprint density at radius 1 is 1.26 bits per heavy atom. The van der Waals surface area contributed by atoms with Crippen molar-refractivity contribution in [1.82, 2.24) is 0 Å². The van der Waals surface area contributed by atoms with Gasteiger partial charge in [-0.15, -0.1) is 0 Å². The smallest absolute Gasteiger partial charge is 0.227 e. The van der Waals surface area contributed by atoms with Crippen molar-refractivity contribution in [2.24, 2.45) is 11.7 Å². The van der Waals surface area contributed by atoms with Gasteiger partial charge in [-0.3, -0.25) is 9.59 Å². The lowest BCUT2D eigenvalue weighted by Crippen LogP contribution is -2.35. The van der Waals surface area contributed by atoms with Crippen molar-refractivity contribution < 1.29 is 9.59 Å². The number of hydrogen-bond acceptors (Lipinski definition) is 3. The molecule has 23 heavy (non-hydrogen) atoms. The van der Waals surface area contributed by atoms with E-state index in [1.54, 1.807) is 4.90 Å². The van der Waals surface area contributed by atoms with E-state index in [9.17, 15) is 9.59 Å². The van der Waals surface area contributed by atoms with Gasteiger partial charge < -0.3 is 16.0 Å². The van der Waals surface area contributed by atoms with E-state index >= 15 is 0 Å². The molecule has 1 aliphatic heterocycles. The molecule has 0 bridgehead atoms. The summed E-state index contributed by atoms with van der Waals surface area (Å²) in [5, 5.41) is 2.96. The molecule has 1 saturated heterocycles. The molecule has 2 unspecified atom stereocenters. The molecule has 3 N–H and O–H groups in total. The maximum atomic E-state index is 12.3. The Morgan fingerprint density at radius 3 is 2.83 bits per heavy atom. The summed E-state index contributed by atoms with van der Waals surface area (Å²) in [5.41, 5.74) is 7.73. The van der Waals surface area contributed by atoms with Gasteiger partial charge in [0.25, 0.3) is 0 Å². The fraction of sp³-hybridized carbons (Fsp3) is 0.556. The third kappa shape index (κ3) is 3.91. The Bertz CT molecular complexity index is 587. The molecule has 3 rings (SSSR count). The van der Waals surface area contributed by atoms with Crippen LogP contribution in [0.3, 0.4) is 0 Å². The van der Waals surface area contributed by atoms with Crippen LogP contribution in [0.4, 0.5) is 11.4 Å². The summed E-state index contributed by atoms with van der Waals surface area (Å²) in [6.07, 6.45) is 6.38. The number of benzene rings is 1. The van der Waals surface area contributed by atoms with Crippen LogP contribution < -0.4 is 16.0 Å². The van der Waals surface area contributed by atoms with Crippen molar-refractivity contribution in [2.75, 3.05) is 16.8 Å². The van der Waals surface area contributed by atoms with Crippen LogP contribution >= 0.6 is 0 Å². The van der Waals surface area contributed by atoms with Crippen LogP contribution in [-0.4, -0.2) is 24.4 Å². The number of nitrogens with two attached hydrogens (primary N) is 1. The van der Waals surface area contributed by atoms with Crippen LogP contribution in [0.15, 0.2) is 24.3 Å². The molecule has 2 fully saturated rings. The van der Waals surface area contributed by atoms with Crippen molar-refractivity contribution >= 4 is 23.2 Å². The highest BCUT2D eigenvalue weighted by Gasteiger charge is 2.25. The van der Waals surface area contributed by atoms with Crippen LogP contribution in [0.25, 0.3) is 0 Å². The highest BCUT2D eigenvalue weighted by Crippen LogP contribution is 2.27. The molecule has 1 aromatic rings. The number of hydrogen-bond donors (Lipinski definition) is 2. The zero-order chi connectivity index (χ0) is 16.2. The summed E-state index contributed by atoms with van der Waals surface area (Å²) >= 11 is 0. The first-order valence-corrected chi connectivity index (χ1v) is 8.59. The summed E-state index contributed by atoms with van der Waals surface area (Å²) in [6.45, 7) is 0.757. The fourth-order valence-corrected chi connectivity index (χ4v) is 3.61.